The van der Waals surface area contributed by atoms with Gasteiger partial charge in [0.1, 0.15) is 12.4 Å². The van der Waals surface area contributed by atoms with Crippen molar-refractivity contribution in [2.45, 2.75) is 51.1 Å². The molecule has 0 radical (unpaired) electrons. The van der Waals surface area contributed by atoms with E-state index in [9.17, 15) is 13.2 Å². The molecule has 1 aliphatic rings. The highest BCUT2D eigenvalue weighted by Gasteiger charge is 2.29. The number of hydrogen-bond donors (Lipinski definition) is 2. The minimum Gasteiger partial charge on any atom is -0.465 e. The number of nitrogens with one attached hydrogen (secondary N) is 2. The van der Waals surface area contributed by atoms with Gasteiger partial charge in [0, 0.05) is 12.2 Å². The van der Waals surface area contributed by atoms with E-state index < -0.39 is 16.0 Å². The lowest BCUT2D eigenvalue weighted by Gasteiger charge is -2.15. The number of aryl methyl sites for hydroxylation is 1. The molecule has 5 rings (SSSR count). The summed E-state index contributed by atoms with van der Waals surface area (Å²) in [6.45, 7) is 5.89. The Kier molecular flexibility index (Phi) is 6.54. The molecule has 2 N–H and O–H groups in total. The van der Waals surface area contributed by atoms with Crippen LogP contribution in [0.5, 0.6) is 0 Å². The second-order valence-electron chi connectivity index (χ2n) is 9.06. The van der Waals surface area contributed by atoms with Gasteiger partial charge in [-0.2, -0.15) is 9.97 Å². The Morgan fingerprint density at radius 1 is 1.19 bits per heavy atom. The molecule has 1 saturated carbocycles. The number of nitrogens with zero attached hydrogens (tertiary/aromatic N) is 6. The first-order valence-electron chi connectivity index (χ1n) is 12.0. The Bertz CT molecular complexity index is 1540. The monoisotopic (exact) mass is 524 g/mol. The van der Waals surface area contributed by atoms with Crippen LogP contribution in [-0.2, 0) is 26.1 Å². The summed E-state index contributed by atoms with van der Waals surface area (Å²) in [7, 11) is -3.91. The fraction of sp³-hybridized carbons (Fsp3) is 0.375. The Morgan fingerprint density at radius 2 is 1.95 bits per heavy atom. The maximum atomic E-state index is 13.5. The number of anilines is 3. The Labute approximate surface area is 214 Å². The summed E-state index contributed by atoms with van der Waals surface area (Å²) in [6, 6.07) is 8.52. The van der Waals surface area contributed by atoms with Crippen molar-refractivity contribution in [3.8, 4) is 0 Å². The predicted octanol–water partition coefficient (Wildman–Crippen LogP) is 3.09. The number of carbonyl (C=O) groups excluding carboxylic acids is 1. The van der Waals surface area contributed by atoms with E-state index in [4.69, 9.17) is 4.74 Å². The van der Waals surface area contributed by atoms with Crippen LogP contribution in [0.15, 0.2) is 47.6 Å². The van der Waals surface area contributed by atoms with Crippen molar-refractivity contribution in [3.05, 3.63) is 48.3 Å². The van der Waals surface area contributed by atoms with Crippen molar-refractivity contribution in [2.24, 2.45) is 5.92 Å². The number of aromatic nitrogens is 6. The summed E-state index contributed by atoms with van der Waals surface area (Å²) >= 11 is 0. The van der Waals surface area contributed by atoms with Crippen LogP contribution < -0.4 is 10.6 Å². The van der Waals surface area contributed by atoms with Crippen molar-refractivity contribution >= 4 is 44.6 Å². The highest BCUT2D eigenvalue weighted by atomic mass is 32.2. The van der Waals surface area contributed by atoms with Gasteiger partial charge in [-0.15, -0.1) is 5.10 Å². The molecule has 1 atom stereocenters. The summed E-state index contributed by atoms with van der Waals surface area (Å²) in [5, 5.41) is 14.9. The van der Waals surface area contributed by atoms with Crippen molar-refractivity contribution in [3.63, 3.8) is 0 Å². The highest BCUT2D eigenvalue weighted by molar-refractivity contribution is 7.90. The molecule has 1 aliphatic carbocycles. The van der Waals surface area contributed by atoms with Crippen LogP contribution in [-0.4, -0.2) is 56.0 Å². The first-order chi connectivity index (χ1) is 17.7. The summed E-state index contributed by atoms with van der Waals surface area (Å²) in [5.74, 6) is 1.06. The zero-order valence-corrected chi connectivity index (χ0v) is 21.6. The maximum Gasteiger partial charge on any atom is 0.327 e. The maximum absolute atomic E-state index is 13.5. The zero-order valence-electron chi connectivity index (χ0n) is 20.7. The van der Waals surface area contributed by atoms with E-state index in [2.05, 4.69) is 37.8 Å². The SMILES string of the molecule is CCOC(=O)Cn1cc(Nc2nc(N[C@@H](C)C3CC3)c3ccn(S(=O)(=O)c4ccc(C)cc4)c3n2)nn1. The molecule has 13 heteroatoms. The smallest absolute Gasteiger partial charge is 0.327 e. The van der Waals surface area contributed by atoms with E-state index in [0.29, 0.717) is 22.9 Å². The molecular weight excluding hydrogens is 496 g/mol. The summed E-state index contributed by atoms with van der Waals surface area (Å²) in [6.07, 6.45) is 5.28. The third kappa shape index (κ3) is 5.26. The van der Waals surface area contributed by atoms with E-state index in [0.717, 1.165) is 22.4 Å². The molecule has 0 aliphatic heterocycles. The van der Waals surface area contributed by atoms with Gasteiger partial charge in [-0.05, 0) is 57.7 Å². The lowest BCUT2D eigenvalue weighted by Crippen LogP contribution is -2.19. The molecule has 194 valence electrons. The fourth-order valence-electron chi connectivity index (χ4n) is 3.99. The molecule has 12 nitrogen and oxygen atoms in total. The molecule has 0 spiro atoms. The van der Waals surface area contributed by atoms with Crippen LogP contribution in [0.25, 0.3) is 11.0 Å². The van der Waals surface area contributed by atoms with Crippen LogP contribution in [0.4, 0.5) is 17.6 Å². The molecule has 1 aromatic carbocycles. The van der Waals surface area contributed by atoms with Gasteiger partial charge in [0.2, 0.25) is 5.95 Å². The van der Waals surface area contributed by atoms with Crippen molar-refractivity contribution in [2.75, 3.05) is 17.2 Å². The number of ether oxygens (including phenoxy) is 1. The topological polar surface area (TPSA) is 146 Å². The number of fused-ring (bicyclic) bond motifs is 1. The van der Waals surface area contributed by atoms with E-state index in [-0.39, 0.29) is 35.7 Å². The first kappa shape index (κ1) is 24.7. The minimum absolute atomic E-state index is 0.0915. The normalized spacial score (nSPS) is 14.5. The van der Waals surface area contributed by atoms with Gasteiger partial charge in [-0.1, -0.05) is 22.9 Å². The molecule has 3 aromatic heterocycles. The van der Waals surface area contributed by atoms with Crippen LogP contribution in [0.1, 0.15) is 32.3 Å². The largest absolute Gasteiger partial charge is 0.465 e. The molecule has 37 heavy (non-hydrogen) atoms. The summed E-state index contributed by atoms with van der Waals surface area (Å²) in [5.41, 5.74) is 1.18. The van der Waals surface area contributed by atoms with E-state index >= 15 is 0 Å². The number of esters is 1. The van der Waals surface area contributed by atoms with Gasteiger partial charge in [0.05, 0.1) is 23.1 Å². The van der Waals surface area contributed by atoms with E-state index in [1.807, 2.05) is 6.92 Å². The lowest BCUT2D eigenvalue weighted by atomic mass is 10.2. The fourth-order valence-corrected chi connectivity index (χ4v) is 5.29. The third-order valence-electron chi connectivity index (χ3n) is 6.16. The van der Waals surface area contributed by atoms with Gasteiger partial charge in [0.15, 0.2) is 11.5 Å². The quantitative estimate of drug-likeness (QED) is 0.297. The molecule has 0 amide bonds. The number of rotatable bonds is 10. The average molecular weight is 525 g/mol. The summed E-state index contributed by atoms with van der Waals surface area (Å²) < 4.78 is 34.4. The van der Waals surface area contributed by atoms with Crippen molar-refractivity contribution < 1.29 is 17.9 Å². The van der Waals surface area contributed by atoms with E-state index in [1.54, 1.807) is 37.3 Å². The van der Waals surface area contributed by atoms with E-state index in [1.165, 1.54) is 17.1 Å². The van der Waals surface area contributed by atoms with Crippen LogP contribution in [0.2, 0.25) is 0 Å². The van der Waals surface area contributed by atoms with Crippen molar-refractivity contribution in [1.29, 1.82) is 0 Å². The molecule has 3 heterocycles. The first-order valence-corrected chi connectivity index (χ1v) is 13.5. The van der Waals surface area contributed by atoms with Gasteiger partial charge in [-0.3, -0.25) is 4.79 Å². The Hall–Kier alpha value is -4.00. The molecule has 0 unspecified atom stereocenters. The molecular formula is C24H28N8O4S. The average Bonchev–Trinajstić information content (AvgIpc) is 3.48. The zero-order chi connectivity index (χ0) is 26.2. The second kappa shape index (κ2) is 9.81. The standard InChI is InChI=1S/C24H28N8O4S/c1-4-36-21(33)14-31-13-20(29-30-31)26-24-27-22(25-16(3)17-7-8-17)19-11-12-32(23(19)28-24)37(34,35)18-9-5-15(2)6-10-18/h5-6,9-13,16-17H,4,7-8,14H2,1-3H3,(H2,25,26,27,28)/t16-/m0/s1. The number of benzene rings is 1. The third-order valence-corrected chi connectivity index (χ3v) is 7.84. The number of hydrogen-bond acceptors (Lipinski definition) is 10. The molecule has 0 saturated heterocycles. The Balaban J connectivity index is 1.52. The highest BCUT2D eigenvalue weighted by Crippen LogP contribution is 2.35. The van der Waals surface area contributed by atoms with Crippen LogP contribution >= 0.6 is 0 Å². The lowest BCUT2D eigenvalue weighted by molar-refractivity contribution is -0.144. The second-order valence-corrected chi connectivity index (χ2v) is 10.9. The van der Waals surface area contributed by atoms with Gasteiger partial charge >= 0.3 is 5.97 Å². The van der Waals surface area contributed by atoms with Gasteiger partial charge in [-0.25, -0.2) is 17.1 Å². The van der Waals surface area contributed by atoms with Crippen LogP contribution in [0, 0.1) is 12.8 Å². The summed E-state index contributed by atoms with van der Waals surface area (Å²) in [4.78, 5) is 21.0. The van der Waals surface area contributed by atoms with Crippen LogP contribution in [0.3, 0.4) is 0 Å². The molecule has 1 fully saturated rings. The van der Waals surface area contributed by atoms with Gasteiger partial charge < -0.3 is 15.4 Å². The molecule has 4 aromatic rings. The predicted molar refractivity (Wildman–Crippen MR) is 137 cm³/mol. The minimum atomic E-state index is -3.91. The Morgan fingerprint density at radius 3 is 2.65 bits per heavy atom. The molecule has 0 bridgehead atoms. The van der Waals surface area contributed by atoms with Crippen molar-refractivity contribution in [1.82, 2.24) is 28.9 Å². The number of carbonyl (C=O) groups is 1. The van der Waals surface area contributed by atoms with Gasteiger partial charge in [0.25, 0.3) is 10.0 Å².